The second-order valence-corrected chi connectivity index (χ2v) is 10.1. The van der Waals surface area contributed by atoms with Crippen molar-refractivity contribution in [3.05, 3.63) is 22.4 Å². The summed E-state index contributed by atoms with van der Waals surface area (Å²) in [6, 6.07) is 2.44. The fourth-order valence-electron chi connectivity index (χ4n) is 5.84. The molecule has 7 nitrogen and oxygen atoms in total. The molecule has 2 bridgehead atoms. The van der Waals surface area contributed by atoms with Crippen molar-refractivity contribution < 1.29 is 14.4 Å². The lowest BCUT2D eigenvalue weighted by Crippen LogP contribution is -2.62. The standard InChI is InChI=1S/C22H30N4O3S/c27-20-3-1-2-19-17-10-15(12-26(19)20)11-25(13-17)22(29)24-7-4-18(5-8-24)23-21(28)16-6-9-30-14-16/h6,9,14-15,17-19H,1-5,7-8,10-13H2,(H,23,28)/t15?,17?,19-/m1/s1. The predicted molar refractivity (Wildman–Crippen MR) is 114 cm³/mol. The Balaban J connectivity index is 1.15. The molecule has 4 aliphatic heterocycles. The van der Waals surface area contributed by atoms with Gasteiger partial charge in [0.1, 0.15) is 0 Å². The fraction of sp³-hybridized carbons (Fsp3) is 0.682. The highest BCUT2D eigenvalue weighted by atomic mass is 32.1. The quantitative estimate of drug-likeness (QED) is 0.783. The van der Waals surface area contributed by atoms with E-state index in [0.29, 0.717) is 48.9 Å². The van der Waals surface area contributed by atoms with Crippen LogP contribution < -0.4 is 5.32 Å². The summed E-state index contributed by atoms with van der Waals surface area (Å²) in [4.78, 5) is 43.9. The van der Waals surface area contributed by atoms with E-state index in [2.05, 4.69) is 10.2 Å². The van der Waals surface area contributed by atoms with Crippen LogP contribution in [0.25, 0.3) is 0 Å². The van der Waals surface area contributed by atoms with Gasteiger partial charge in [0.2, 0.25) is 5.91 Å². The van der Waals surface area contributed by atoms with E-state index in [-0.39, 0.29) is 18.0 Å². The highest BCUT2D eigenvalue weighted by molar-refractivity contribution is 7.08. The fourth-order valence-corrected chi connectivity index (χ4v) is 6.48. The van der Waals surface area contributed by atoms with Gasteiger partial charge in [-0.2, -0.15) is 11.3 Å². The minimum Gasteiger partial charge on any atom is -0.349 e. The number of piperidine rings is 4. The molecule has 162 valence electrons. The molecule has 4 aliphatic rings. The Hall–Kier alpha value is -2.09. The first-order chi connectivity index (χ1) is 14.6. The van der Waals surface area contributed by atoms with Crippen molar-refractivity contribution in [1.29, 1.82) is 0 Å². The average molecular weight is 431 g/mol. The molecule has 5 rings (SSSR count). The van der Waals surface area contributed by atoms with Crippen molar-refractivity contribution in [3.63, 3.8) is 0 Å². The first kappa shape index (κ1) is 19.8. The molecule has 8 heteroatoms. The van der Waals surface area contributed by atoms with Crippen LogP contribution in [0.3, 0.4) is 0 Å². The van der Waals surface area contributed by atoms with E-state index < -0.39 is 0 Å². The summed E-state index contributed by atoms with van der Waals surface area (Å²) >= 11 is 1.52. The molecule has 3 atom stereocenters. The second kappa shape index (κ2) is 8.21. The Kier molecular flexibility index (Phi) is 5.43. The zero-order chi connectivity index (χ0) is 20.7. The summed E-state index contributed by atoms with van der Waals surface area (Å²) in [6.45, 7) is 3.74. The van der Waals surface area contributed by atoms with E-state index in [4.69, 9.17) is 0 Å². The number of hydrogen-bond acceptors (Lipinski definition) is 4. The SMILES string of the molecule is O=C(NC1CCN(C(=O)N2CC3CC(C2)[C@H]2CCCC(=O)N2C3)CC1)c1ccsc1. The summed E-state index contributed by atoms with van der Waals surface area (Å²) in [5, 5.41) is 6.88. The third-order valence-electron chi connectivity index (χ3n) is 7.33. The number of rotatable bonds is 2. The van der Waals surface area contributed by atoms with Crippen LogP contribution in [-0.2, 0) is 4.79 Å². The summed E-state index contributed by atoms with van der Waals surface area (Å²) in [7, 11) is 0. The molecule has 1 aromatic rings. The van der Waals surface area contributed by atoms with Gasteiger partial charge in [-0.15, -0.1) is 0 Å². The molecule has 4 fully saturated rings. The minimum atomic E-state index is -0.0172. The number of hydrogen-bond donors (Lipinski definition) is 1. The van der Waals surface area contributed by atoms with Gasteiger partial charge in [-0.3, -0.25) is 9.59 Å². The average Bonchev–Trinajstić information content (AvgIpc) is 3.30. The van der Waals surface area contributed by atoms with Crippen molar-refractivity contribution in [2.75, 3.05) is 32.7 Å². The number of fused-ring (bicyclic) bond motifs is 4. The van der Waals surface area contributed by atoms with Crippen molar-refractivity contribution in [1.82, 2.24) is 20.0 Å². The summed E-state index contributed by atoms with van der Waals surface area (Å²) in [6.07, 6.45) is 5.51. The predicted octanol–water partition coefficient (Wildman–Crippen LogP) is 2.40. The van der Waals surface area contributed by atoms with E-state index in [1.807, 2.05) is 26.6 Å². The number of carbonyl (C=O) groups excluding carboxylic acids is 3. The topological polar surface area (TPSA) is 73.0 Å². The van der Waals surface area contributed by atoms with Gasteiger partial charge >= 0.3 is 6.03 Å². The van der Waals surface area contributed by atoms with Crippen molar-refractivity contribution in [3.8, 4) is 0 Å². The number of nitrogens with zero attached hydrogens (tertiary/aromatic N) is 3. The molecule has 4 amide bonds. The first-order valence-electron chi connectivity index (χ1n) is 11.2. The lowest BCUT2D eigenvalue weighted by molar-refractivity contribution is -0.144. The Morgan fingerprint density at radius 1 is 1.07 bits per heavy atom. The lowest BCUT2D eigenvalue weighted by Gasteiger charge is -2.53. The molecular weight excluding hydrogens is 400 g/mol. The monoisotopic (exact) mass is 430 g/mol. The van der Waals surface area contributed by atoms with Gasteiger partial charge in [0.25, 0.3) is 5.91 Å². The maximum atomic E-state index is 13.2. The first-order valence-corrected chi connectivity index (χ1v) is 12.2. The number of nitrogens with one attached hydrogen (secondary N) is 1. The molecule has 0 aliphatic carbocycles. The smallest absolute Gasteiger partial charge is 0.320 e. The molecule has 1 aromatic heterocycles. The Labute approximate surface area is 181 Å². The number of urea groups is 1. The number of thiophene rings is 1. The van der Waals surface area contributed by atoms with Crippen LogP contribution in [0.1, 0.15) is 48.9 Å². The van der Waals surface area contributed by atoms with Crippen LogP contribution in [0, 0.1) is 11.8 Å². The van der Waals surface area contributed by atoms with E-state index in [0.717, 1.165) is 51.7 Å². The lowest BCUT2D eigenvalue weighted by atomic mass is 9.76. The van der Waals surface area contributed by atoms with E-state index in [1.165, 1.54) is 11.3 Å². The maximum absolute atomic E-state index is 13.2. The largest absolute Gasteiger partial charge is 0.349 e. The van der Waals surface area contributed by atoms with Gasteiger partial charge < -0.3 is 20.0 Å². The number of carbonyl (C=O) groups is 3. The van der Waals surface area contributed by atoms with Crippen LogP contribution in [0.4, 0.5) is 4.79 Å². The molecule has 0 aromatic carbocycles. The van der Waals surface area contributed by atoms with E-state index in [1.54, 1.807) is 0 Å². The normalized spacial score (nSPS) is 29.5. The molecule has 4 saturated heterocycles. The summed E-state index contributed by atoms with van der Waals surface area (Å²) in [5.41, 5.74) is 0.716. The third-order valence-corrected chi connectivity index (χ3v) is 8.02. The maximum Gasteiger partial charge on any atom is 0.320 e. The highest BCUT2D eigenvalue weighted by Crippen LogP contribution is 2.38. The van der Waals surface area contributed by atoms with Crippen molar-refractivity contribution in [2.45, 2.75) is 50.6 Å². The van der Waals surface area contributed by atoms with Gasteiger partial charge in [0.15, 0.2) is 0 Å². The molecule has 2 unspecified atom stereocenters. The van der Waals surface area contributed by atoms with Crippen molar-refractivity contribution >= 4 is 29.2 Å². The van der Waals surface area contributed by atoms with Gasteiger partial charge in [0.05, 0.1) is 0 Å². The van der Waals surface area contributed by atoms with Crippen LogP contribution in [0.2, 0.25) is 0 Å². The van der Waals surface area contributed by atoms with Gasteiger partial charge in [-0.25, -0.2) is 4.79 Å². The molecule has 1 N–H and O–H groups in total. The Bertz CT molecular complexity index is 805. The second-order valence-electron chi connectivity index (χ2n) is 9.30. The minimum absolute atomic E-state index is 0.0172. The molecule has 5 heterocycles. The van der Waals surface area contributed by atoms with Gasteiger partial charge in [-0.1, -0.05) is 0 Å². The zero-order valence-electron chi connectivity index (χ0n) is 17.3. The molecule has 30 heavy (non-hydrogen) atoms. The van der Waals surface area contributed by atoms with Crippen LogP contribution in [0.5, 0.6) is 0 Å². The molecule has 0 radical (unpaired) electrons. The molecular formula is C22H30N4O3S. The van der Waals surface area contributed by atoms with E-state index >= 15 is 0 Å². The van der Waals surface area contributed by atoms with Gasteiger partial charge in [-0.05, 0) is 55.4 Å². The Morgan fingerprint density at radius 2 is 1.90 bits per heavy atom. The van der Waals surface area contributed by atoms with Crippen LogP contribution in [0.15, 0.2) is 16.8 Å². The summed E-state index contributed by atoms with van der Waals surface area (Å²) < 4.78 is 0. The highest BCUT2D eigenvalue weighted by Gasteiger charge is 2.45. The number of likely N-dealkylation sites (tertiary alicyclic amines) is 2. The van der Waals surface area contributed by atoms with Crippen molar-refractivity contribution in [2.24, 2.45) is 11.8 Å². The zero-order valence-corrected chi connectivity index (χ0v) is 18.1. The van der Waals surface area contributed by atoms with Crippen LogP contribution >= 0.6 is 11.3 Å². The molecule has 0 spiro atoms. The molecule has 0 saturated carbocycles. The number of amides is 4. The van der Waals surface area contributed by atoms with Crippen LogP contribution in [-0.4, -0.2) is 77.4 Å². The third kappa shape index (κ3) is 3.82. The van der Waals surface area contributed by atoms with Gasteiger partial charge in [0, 0.05) is 62.2 Å². The summed E-state index contributed by atoms with van der Waals surface area (Å²) in [5.74, 6) is 1.13. The van der Waals surface area contributed by atoms with E-state index in [9.17, 15) is 14.4 Å². The Morgan fingerprint density at radius 3 is 2.67 bits per heavy atom.